The molecule has 0 saturated heterocycles. The Morgan fingerprint density at radius 2 is 1.23 bits per heavy atom. The molecule has 0 aliphatic rings. The van der Waals surface area contributed by atoms with Crippen molar-refractivity contribution in [1.82, 2.24) is 19.9 Å². The molecule has 4 nitrogen and oxygen atoms in total. The standard InChI is InChI=1S/C36H30N3.C12H10N.Ir/c1-24-29(25-13-17-37-18-14-25)9-6-10-30(24)32-12-11-31(33-16-19-38-23-34(32)33)26-7-5-8-27(21-26)35-22-28(15-20-39-35)36(2,3)4;1-10-7-8-13-12(9-10)11-5-3-2-4-6-11;/h5-7,9-23H,1-4H3;2-5,7-9H,1H3;/q2*-1;. The number of nitrogens with zero attached hydrogens (tertiary/aromatic N) is 4. The van der Waals surface area contributed by atoms with Crippen molar-refractivity contribution in [2.24, 2.45) is 0 Å². The van der Waals surface area contributed by atoms with Crippen molar-refractivity contribution < 1.29 is 20.1 Å². The number of pyridine rings is 4. The molecule has 263 valence electrons. The van der Waals surface area contributed by atoms with E-state index in [9.17, 15) is 0 Å². The SMILES string of the molecule is Cc1c(-c2ccncc2)cccc1-c1ccc(-c2cc[c-]c(-c3cc(C(C)(C)C)ccn3)c2)c2ccncc12.Cc1ccnc(-c2[c-]cccc2)c1.[Ir]. The Balaban J connectivity index is 0.000000289. The van der Waals surface area contributed by atoms with Crippen molar-refractivity contribution in [3.63, 3.8) is 0 Å². The number of hydrogen-bond acceptors (Lipinski definition) is 4. The minimum Gasteiger partial charge on any atom is -0.305 e. The molecule has 0 spiro atoms. The first kappa shape index (κ1) is 37.2. The van der Waals surface area contributed by atoms with Gasteiger partial charge in [-0.3, -0.25) is 9.97 Å². The zero-order valence-corrected chi connectivity index (χ0v) is 33.0. The van der Waals surface area contributed by atoms with Crippen LogP contribution in [-0.2, 0) is 25.5 Å². The first-order valence-electron chi connectivity index (χ1n) is 17.5. The third kappa shape index (κ3) is 8.39. The van der Waals surface area contributed by atoms with Gasteiger partial charge in [-0.05, 0) is 105 Å². The van der Waals surface area contributed by atoms with Crippen molar-refractivity contribution in [2.75, 3.05) is 0 Å². The van der Waals surface area contributed by atoms with Crippen LogP contribution in [0.25, 0.3) is 66.7 Å². The van der Waals surface area contributed by atoms with Gasteiger partial charge >= 0.3 is 0 Å². The number of aromatic nitrogens is 4. The van der Waals surface area contributed by atoms with Gasteiger partial charge in [-0.15, -0.1) is 71.3 Å². The molecule has 4 aromatic carbocycles. The van der Waals surface area contributed by atoms with E-state index in [0.29, 0.717) is 0 Å². The molecule has 0 bridgehead atoms. The van der Waals surface area contributed by atoms with E-state index < -0.39 is 0 Å². The quantitative estimate of drug-likeness (QED) is 0.162. The number of benzene rings is 4. The summed E-state index contributed by atoms with van der Waals surface area (Å²) >= 11 is 0. The summed E-state index contributed by atoms with van der Waals surface area (Å²) in [5.41, 5.74) is 14.8. The molecule has 8 aromatic rings. The van der Waals surface area contributed by atoms with Gasteiger partial charge in [0.2, 0.25) is 0 Å². The van der Waals surface area contributed by atoms with E-state index in [1.54, 1.807) is 0 Å². The van der Waals surface area contributed by atoms with E-state index in [1.807, 2.05) is 73.6 Å². The maximum atomic E-state index is 4.67. The molecular weight excluding hydrogens is 825 g/mol. The second-order valence-corrected chi connectivity index (χ2v) is 14.0. The summed E-state index contributed by atoms with van der Waals surface area (Å²) < 4.78 is 0. The van der Waals surface area contributed by atoms with Gasteiger partial charge in [-0.25, -0.2) is 0 Å². The maximum Gasteiger partial charge on any atom is 0.0352 e. The summed E-state index contributed by atoms with van der Waals surface area (Å²) in [7, 11) is 0. The van der Waals surface area contributed by atoms with E-state index >= 15 is 0 Å². The zero-order chi connectivity index (χ0) is 36.1. The zero-order valence-electron chi connectivity index (χ0n) is 30.6. The minimum absolute atomic E-state index is 0. The molecule has 0 N–H and O–H groups in total. The number of fused-ring (bicyclic) bond motifs is 1. The fraction of sp³-hybridized carbons (Fsp3) is 0.125. The second kappa shape index (κ2) is 16.4. The molecule has 8 rings (SSSR count). The van der Waals surface area contributed by atoms with Gasteiger partial charge < -0.3 is 9.97 Å². The first-order chi connectivity index (χ1) is 25.3. The summed E-state index contributed by atoms with van der Waals surface area (Å²) in [6, 6.07) is 46.3. The molecule has 0 amide bonds. The molecule has 4 aromatic heterocycles. The first-order valence-corrected chi connectivity index (χ1v) is 17.5. The number of hydrogen-bond donors (Lipinski definition) is 0. The Bertz CT molecular complexity index is 2470. The fourth-order valence-electron chi connectivity index (χ4n) is 6.51. The van der Waals surface area contributed by atoms with Crippen LogP contribution in [0.2, 0.25) is 0 Å². The number of aryl methyl sites for hydroxylation is 1. The van der Waals surface area contributed by atoms with Crippen molar-refractivity contribution in [2.45, 2.75) is 40.0 Å². The van der Waals surface area contributed by atoms with Gasteiger partial charge in [-0.1, -0.05) is 68.8 Å². The molecule has 53 heavy (non-hydrogen) atoms. The van der Waals surface area contributed by atoms with Gasteiger partial charge in [0.05, 0.1) is 0 Å². The van der Waals surface area contributed by atoms with Crippen molar-refractivity contribution in [3.8, 4) is 55.9 Å². The van der Waals surface area contributed by atoms with Gasteiger partial charge in [0.15, 0.2) is 0 Å². The van der Waals surface area contributed by atoms with Gasteiger partial charge in [0.1, 0.15) is 0 Å². The van der Waals surface area contributed by atoms with E-state index in [1.165, 1.54) is 49.9 Å². The summed E-state index contributed by atoms with van der Waals surface area (Å²) in [4.78, 5) is 17.7. The second-order valence-electron chi connectivity index (χ2n) is 14.0. The van der Waals surface area contributed by atoms with E-state index in [2.05, 4.69) is 146 Å². The fourth-order valence-corrected chi connectivity index (χ4v) is 6.51. The van der Waals surface area contributed by atoms with Gasteiger partial charge in [0.25, 0.3) is 0 Å². The molecule has 0 unspecified atom stereocenters. The summed E-state index contributed by atoms with van der Waals surface area (Å²) in [6.07, 6.45) is 11.3. The molecule has 1 radical (unpaired) electrons. The van der Waals surface area contributed by atoms with Crippen molar-refractivity contribution in [1.29, 1.82) is 0 Å². The summed E-state index contributed by atoms with van der Waals surface area (Å²) in [5.74, 6) is 0. The van der Waals surface area contributed by atoms with Crippen LogP contribution < -0.4 is 0 Å². The topological polar surface area (TPSA) is 51.6 Å². The molecule has 0 aliphatic carbocycles. The Morgan fingerprint density at radius 1 is 0.509 bits per heavy atom. The normalized spacial score (nSPS) is 11.0. The average Bonchev–Trinajstić information content (AvgIpc) is 3.18. The van der Waals surface area contributed by atoms with Crippen LogP contribution in [-0.4, -0.2) is 19.9 Å². The average molecular weight is 865 g/mol. The Labute approximate surface area is 326 Å². The smallest absolute Gasteiger partial charge is 0.0352 e. The molecule has 0 aliphatic heterocycles. The Kier molecular flexibility index (Phi) is 11.5. The summed E-state index contributed by atoms with van der Waals surface area (Å²) in [6.45, 7) is 10.9. The van der Waals surface area contributed by atoms with E-state index in [0.717, 1.165) is 33.5 Å². The number of rotatable bonds is 5. The van der Waals surface area contributed by atoms with Crippen LogP contribution in [0.3, 0.4) is 0 Å². The Morgan fingerprint density at radius 3 is 1.98 bits per heavy atom. The third-order valence-electron chi connectivity index (χ3n) is 9.35. The molecular formula is C48H40IrN4-2. The monoisotopic (exact) mass is 865 g/mol. The Hall–Kier alpha value is -5.61. The van der Waals surface area contributed by atoms with Crippen molar-refractivity contribution >= 4 is 10.8 Å². The predicted octanol–water partition coefficient (Wildman–Crippen LogP) is 12.0. The van der Waals surface area contributed by atoms with Crippen LogP contribution in [0.5, 0.6) is 0 Å². The molecule has 4 heterocycles. The van der Waals surface area contributed by atoms with Crippen LogP contribution in [0.1, 0.15) is 37.5 Å². The van der Waals surface area contributed by atoms with Crippen LogP contribution in [0, 0.1) is 26.0 Å². The van der Waals surface area contributed by atoms with Crippen LogP contribution in [0.15, 0.2) is 152 Å². The largest absolute Gasteiger partial charge is 0.305 e. The van der Waals surface area contributed by atoms with E-state index in [-0.39, 0.29) is 25.5 Å². The maximum absolute atomic E-state index is 4.67. The predicted molar refractivity (Wildman–Crippen MR) is 215 cm³/mol. The molecule has 0 fully saturated rings. The molecule has 5 heteroatoms. The molecule has 0 saturated carbocycles. The van der Waals surface area contributed by atoms with Gasteiger partial charge in [0, 0.05) is 62.7 Å². The summed E-state index contributed by atoms with van der Waals surface area (Å²) in [5, 5.41) is 2.30. The minimum atomic E-state index is 0. The van der Waals surface area contributed by atoms with Gasteiger partial charge in [-0.2, -0.15) is 0 Å². The van der Waals surface area contributed by atoms with Crippen LogP contribution >= 0.6 is 0 Å². The third-order valence-corrected chi connectivity index (χ3v) is 9.35. The van der Waals surface area contributed by atoms with E-state index in [4.69, 9.17) is 0 Å². The molecule has 0 atom stereocenters. The van der Waals surface area contributed by atoms with Crippen LogP contribution in [0.4, 0.5) is 0 Å². The van der Waals surface area contributed by atoms with Crippen molar-refractivity contribution in [3.05, 3.63) is 181 Å².